The van der Waals surface area contributed by atoms with Gasteiger partial charge < -0.3 is 0 Å². The van der Waals surface area contributed by atoms with Crippen LogP contribution in [0.15, 0.2) is 60.0 Å². The van der Waals surface area contributed by atoms with Gasteiger partial charge in [-0.15, -0.1) is 5.10 Å². The largest absolute Gasteiger partial charge is 0.271 e. The highest BCUT2D eigenvalue weighted by Crippen LogP contribution is 2.07. The zero-order valence-corrected chi connectivity index (χ0v) is 12.4. The first-order chi connectivity index (χ1) is 11.2. The van der Waals surface area contributed by atoms with Crippen LogP contribution in [-0.4, -0.2) is 32.3 Å². The molecule has 1 N–H and O–H groups in total. The summed E-state index contributed by atoms with van der Waals surface area (Å²) in [6, 6.07) is 14.7. The van der Waals surface area contributed by atoms with Crippen molar-refractivity contribution in [1.29, 1.82) is 0 Å². The average molecular weight is 306 g/mol. The van der Waals surface area contributed by atoms with Gasteiger partial charge in [-0.05, 0) is 47.2 Å². The second-order valence-corrected chi connectivity index (χ2v) is 4.91. The van der Waals surface area contributed by atoms with Gasteiger partial charge in [0.25, 0.3) is 5.91 Å². The van der Waals surface area contributed by atoms with Crippen LogP contribution in [0.2, 0.25) is 0 Å². The molecule has 3 aromatic rings. The van der Waals surface area contributed by atoms with E-state index in [-0.39, 0.29) is 5.91 Å². The molecule has 1 aromatic heterocycles. The second kappa shape index (κ2) is 6.61. The molecule has 3 rings (SSSR count). The Morgan fingerprint density at radius 3 is 2.52 bits per heavy atom. The summed E-state index contributed by atoms with van der Waals surface area (Å²) in [6.45, 7) is 2.02. The minimum atomic E-state index is -0.281. The number of carbonyl (C=O) groups is 1. The molecule has 0 unspecified atom stereocenters. The highest BCUT2D eigenvalue weighted by molar-refractivity contribution is 5.95. The Balaban J connectivity index is 1.63. The summed E-state index contributed by atoms with van der Waals surface area (Å²) in [5, 5.41) is 14.9. The maximum atomic E-state index is 12.0. The van der Waals surface area contributed by atoms with Gasteiger partial charge in [0.15, 0.2) is 0 Å². The summed E-state index contributed by atoms with van der Waals surface area (Å²) in [7, 11) is 0. The Labute approximate surface area is 132 Å². The Bertz CT molecular complexity index is 807. The number of aromatic nitrogens is 4. The molecule has 2 aromatic carbocycles. The Morgan fingerprint density at radius 2 is 1.87 bits per heavy atom. The molecule has 0 fully saturated rings. The lowest BCUT2D eigenvalue weighted by atomic mass is 10.2. The van der Waals surface area contributed by atoms with E-state index in [9.17, 15) is 4.79 Å². The molecule has 0 saturated heterocycles. The summed E-state index contributed by atoms with van der Waals surface area (Å²) < 4.78 is 1.51. The number of carbonyl (C=O) groups excluding carboxylic acids is 1. The number of hydrogen-bond acceptors (Lipinski definition) is 5. The molecular weight excluding hydrogens is 292 g/mol. The lowest BCUT2D eigenvalue weighted by Gasteiger charge is -2.02. The third-order valence-electron chi connectivity index (χ3n) is 3.20. The minimum Gasteiger partial charge on any atom is -0.267 e. The third kappa shape index (κ3) is 3.65. The molecular formula is C16H14N6O. The van der Waals surface area contributed by atoms with E-state index < -0.39 is 0 Å². The number of tetrazole rings is 1. The fourth-order valence-corrected chi connectivity index (χ4v) is 1.93. The van der Waals surface area contributed by atoms with Gasteiger partial charge in [-0.2, -0.15) is 5.10 Å². The zero-order valence-electron chi connectivity index (χ0n) is 12.4. The lowest BCUT2D eigenvalue weighted by molar-refractivity contribution is 0.0955. The molecule has 1 heterocycles. The molecule has 0 aliphatic heterocycles. The molecule has 7 heteroatoms. The molecule has 0 radical (unpaired) electrons. The van der Waals surface area contributed by atoms with Crippen LogP contribution in [0.3, 0.4) is 0 Å². The van der Waals surface area contributed by atoms with E-state index in [1.807, 2.05) is 31.2 Å². The first-order valence-electron chi connectivity index (χ1n) is 6.96. The van der Waals surface area contributed by atoms with Gasteiger partial charge in [0.2, 0.25) is 0 Å². The second-order valence-electron chi connectivity index (χ2n) is 4.91. The van der Waals surface area contributed by atoms with Crippen molar-refractivity contribution in [3.8, 4) is 5.69 Å². The molecule has 0 spiro atoms. The highest BCUT2D eigenvalue weighted by atomic mass is 16.2. The van der Waals surface area contributed by atoms with Crippen molar-refractivity contribution in [3.05, 3.63) is 71.5 Å². The van der Waals surface area contributed by atoms with Gasteiger partial charge in [-0.1, -0.05) is 29.8 Å². The first kappa shape index (κ1) is 14.6. The fourth-order valence-electron chi connectivity index (χ4n) is 1.93. The Kier molecular flexibility index (Phi) is 4.19. The molecule has 0 saturated carbocycles. The maximum absolute atomic E-state index is 12.0. The van der Waals surface area contributed by atoms with Crippen molar-refractivity contribution in [1.82, 2.24) is 25.6 Å². The Hall–Kier alpha value is -3.35. The highest BCUT2D eigenvalue weighted by Gasteiger charge is 2.05. The molecule has 114 valence electrons. The van der Waals surface area contributed by atoms with Crippen LogP contribution < -0.4 is 5.43 Å². The number of nitrogens with zero attached hydrogens (tertiary/aromatic N) is 5. The van der Waals surface area contributed by atoms with Crippen LogP contribution in [0, 0.1) is 6.92 Å². The topological polar surface area (TPSA) is 85.1 Å². The fraction of sp³-hybridized carbons (Fsp3) is 0.0625. The number of hydrazone groups is 1. The summed E-state index contributed by atoms with van der Waals surface area (Å²) in [4.78, 5) is 12.0. The lowest BCUT2D eigenvalue weighted by Crippen LogP contribution is -2.17. The Morgan fingerprint density at radius 1 is 1.13 bits per heavy atom. The number of nitrogens with one attached hydrogen (secondary N) is 1. The van der Waals surface area contributed by atoms with Gasteiger partial charge in [0.05, 0.1) is 11.9 Å². The van der Waals surface area contributed by atoms with Crippen LogP contribution in [0.25, 0.3) is 5.69 Å². The zero-order chi connectivity index (χ0) is 16.1. The van der Waals surface area contributed by atoms with Gasteiger partial charge in [0.1, 0.15) is 6.33 Å². The summed E-state index contributed by atoms with van der Waals surface area (Å²) in [5.74, 6) is -0.281. The van der Waals surface area contributed by atoms with Crippen LogP contribution in [-0.2, 0) is 0 Å². The molecule has 23 heavy (non-hydrogen) atoms. The van der Waals surface area contributed by atoms with Crippen molar-refractivity contribution in [2.75, 3.05) is 0 Å². The molecule has 0 atom stereocenters. The van der Waals surface area contributed by atoms with Crippen LogP contribution in [0.1, 0.15) is 21.5 Å². The van der Waals surface area contributed by atoms with Crippen molar-refractivity contribution >= 4 is 12.1 Å². The normalized spacial score (nSPS) is 10.8. The van der Waals surface area contributed by atoms with Crippen molar-refractivity contribution in [2.45, 2.75) is 6.92 Å². The van der Waals surface area contributed by atoms with E-state index in [4.69, 9.17) is 0 Å². The van der Waals surface area contributed by atoms with E-state index in [1.54, 1.807) is 30.5 Å². The number of amides is 1. The molecule has 0 bridgehead atoms. The van der Waals surface area contributed by atoms with E-state index >= 15 is 0 Å². The van der Waals surface area contributed by atoms with Crippen molar-refractivity contribution in [2.24, 2.45) is 5.10 Å². The molecule has 0 aliphatic carbocycles. The summed E-state index contributed by atoms with van der Waals surface area (Å²) in [5.41, 5.74) is 5.87. The van der Waals surface area contributed by atoms with Gasteiger partial charge in [-0.3, -0.25) is 4.79 Å². The van der Waals surface area contributed by atoms with Crippen LogP contribution >= 0.6 is 0 Å². The third-order valence-corrected chi connectivity index (χ3v) is 3.20. The van der Waals surface area contributed by atoms with E-state index in [1.165, 1.54) is 16.6 Å². The maximum Gasteiger partial charge on any atom is 0.271 e. The minimum absolute atomic E-state index is 0.281. The first-order valence-corrected chi connectivity index (χ1v) is 6.96. The monoisotopic (exact) mass is 306 g/mol. The SMILES string of the molecule is Cc1ccc(/C=N/NC(=O)c2ccc(-n3cnnn3)cc2)cc1. The average Bonchev–Trinajstić information content (AvgIpc) is 3.11. The van der Waals surface area contributed by atoms with Gasteiger partial charge in [0, 0.05) is 5.56 Å². The van der Waals surface area contributed by atoms with Gasteiger partial charge >= 0.3 is 0 Å². The van der Waals surface area contributed by atoms with E-state index in [0.717, 1.165) is 11.3 Å². The van der Waals surface area contributed by atoms with Crippen LogP contribution in [0.4, 0.5) is 0 Å². The molecule has 1 amide bonds. The van der Waals surface area contributed by atoms with Crippen molar-refractivity contribution < 1.29 is 4.79 Å². The van der Waals surface area contributed by atoms with E-state index in [0.29, 0.717) is 5.56 Å². The standard InChI is InChI=1S/C16H14N6O/c1-12-2-4-13(5-3-12)10-17-19-16(23)14-6-8-15(9-7-14)22-11-18-20-21-22/h2-11H,1H3,(H,19,23)/b17-10+. The predicted molar refractivity (Wildman–Crippen MR) is 85.4 cm³/mol. The summed E-state index contributed by atoms with van der Waals surface area (Å²) in [6.07, 6.45) is 3.09. The number of benzene rings is 2. The van der Waals surface area contributed by atoms with Crippen LogP contribution in [0.5, 0.6) is 0 Å². The summed E-state index contributed by atoms with van der Waals surface area (Å²) >= 11 is 0. The smallest absolute Gasteiger partial charge is 0.267 e. The quantitative estimate of drug-likeness (QED) is 0.587. The number of aryl methyl sites for hydroxylation is 1. The van der Waals surface area contributed by atoms with E-state index in [2.05, 4.69) is 26.1 Å². The van der Waals surface area contributed by atoms with Crippen molar-refractivity contribution in [3.63, 3.8) is 0 Å². The predicted octanol–water partition coefficient (Wildman–Crippen LogP) is 1.73. The molecule has 7 nitrogen and oxygen atoms in total. The molecule has 0 aliphatic rings. The number of hydrogen-bond donors (Lipinski definition) is 1. The number of rotatable bonds is 4. The van der Waals surface area contributed by atoms with Gasteiger partial charge in [-0.25, -0.2) is 10.1 Å².